The Bertz CT molecular complexity index is 766. The molecule has 1 atom stereocenters. The molecule has 1 amide bonds. The highest BCUT2D eigenvalue weighted by Crippen LogP contribution is 2.40. The second kappa shape index (κ2) is 8.39. The van der Waals surface area contributed by atoms with Crippen LogP contribution < -0.4 is 0 Å². The van der Waals surface area contributed by atoms with Crippen LogP contribution in [0.2, 0.25) is 0 Å². The lowest BCUT2D eigenvalue weighted by atomic mass is 9.78. The summed E-state index contributed by atoms with van der Waals surface area (Å²) >= 11 is 1.26. The van der Waals surface area contributed by atoms with Crippen molar-refractivity contribution in [1.29, 1.82) is 0 Å². The van der Waals surface area contributed by atoms with Gasteiger partial charge in [-0.3, -0.25) is 4.79 Å². The molecule has 28 heavy (non-hydrogen) atoms. The highest BCUT2D eigenvalue weighted by molar-refractivity contribution is 7.91. The lowest BCUT2D eigenvalue weighted by Gasteiger charge is -2.46. The number of hydrogen-bond donors (Lipinski definition) is 0. The Labute approximate surface area is 170 Å². The molecule has 1 aromatic heterocycles. The molecule has 3 aliphatic rings. The van der Waals surface area contributed by atoms with Crippen molar-refractivity contribution in [2.24, 2.45) is 5.92 Å². The van der Waals surface area contributed by atoms with Gasteiger partial charge in [-0.25, -0.2) is 8.42 Å². The van der Waals surface area contributed by atoms with Crippen LogP contribution >= 0.6 is 11.3 Å². The molecule has 9 heteroatoms. The summed E-state index contributed by atoms with van der Waals surface area (Å²) in [5.41, 5.74) is -0.282. The molecule has 3 saturated heterocycles. The first kappa shape index (κ1) is 20.3. The van der Waals surface area contributed by atoms with Crippen molar-refractivity contribution < 1.29 is 22.7 Å². The van der Waals surface area contributed by atoms with E-state index in [1.165, 1.54) is 11.3 Å². The Balaban J connectivity index is 1.34. The first-order chi connectivity index (χ1) is 13.5. The van der Waals surface area contributed by atoms with Crippen LogP contribution in [0, 0.1) is 5.92 Å². The highest BCUT2D eigenvalue weighted by atomic mass is 32.2. The maximum atomic E-state index is 12.7. The van der Waals surface area contributed by atoms with Gasteiger partial charge in [0.2, 0.25) is 5.91 Å². The number of amides is 1. The second-order valence-electron chi connectivity index (χ2n) is 7.92. The van der Waals surface area contributed by atoms with E-state index in [1.807, 2.05) is 4.90 Å². The van der Waals surface area contributed by atoms with Gasteiger partial charge >= 0.3 is 0 Å². The van der Waals surface area contributed by atoms with Crippen molar-refractivity contribution in [2.75, 3.05) is 46.0 Å². The molecule has 0 N–H and O–H groups in total. The first-order valence-electron chi connectivity index (χ1n) is 10.0. The van der Waals surface area contributed by atoms with E-state index in [2.05, 4.69) is 0 Å². The van der Waals surface area contributed by atoms with E-state index in [9.17, 15) is 13.2 Å². The van der Waals surface area contributed by atoms with Crippen LogP contribution in [0.1, 0.15) is 32.1 Å². The molecule has 4 rings (SSSR count). The van der Waals surface area contributed by atoms with Crippen molar-refractivity contribution in [1.82, 2.24) is 9.21 Å². The zero-order valence-electron chi connectivity index (χ0n) is 16.0. The van der Waals surface area contributed by atoms with Gasteiger partial charge < -0.3 is 14.4 Å². The van der Waals surface area contributed by atoms with Crippen molar-refractivity contribution in [3.8, 4) is 0 Å². The smallest absolute Gasteiger partial charge is 0.252 e. The van der Waals surface area contributed by atoms with Crippen molar-refractivity contribution >= 4 is 27.3 Å². The van der Waals surface area contributed by atoms with E-state index in [1.54, 1.807) is 21.8 Å². The molecule has 0 bridgehead atoms. The summed E-state index contributed by atoms with van der Waals surface area (Å²) in [6, 6.07) is 3.43. The largest absolute Gasteiger partial charge is 0.378 e. The predicted octanol–water partition coefficient (Wildman–Crippen LogP) is 1.95. The Morgan fingerprint density at radius 2 is 1.93 bits per heavy atom. The monoisotopic (exact) mass is 428 g/mol. The third kappa shape index (κ3) is 4.28. The number of nitrogens with zero attached hydrogens (tertiary/aromatic N) is 2. The zero-order chi connectivity index (χ0) is 19.6. The average molecular weight is 429 g/mol. The van der Waals surface area contributed by atoms with Crippen LogP contribution in [0.15, 0.2) is 21.7 Å². The molecule has 0 aromatic carbocycles. The number of carbonyl (C=O) groups is 1. The Kier molecular flexibility index (Phi) is 6.08. The Morgan fingerprint density at radius 1 is 1.18 bits per heavy atom. The number of thiophene rings is 1. The van der Waals surface area contributed by atoms with Gasteiger partial charge in [0.05, 0.1) is 18.8 Å². The second-order valence-corrected chi connectivity index (χ2v) is 11.0. The van der Waals surface area contributed by atoms with Crippen molar-refractivity contribution in [3.63, 3.8) is 0 Å². The van der Waals surface area contributed by atoms with E-state index in [-0.39, 0.29) is 11.5 Å². The summed E-state index contributed by atoms with van der Waals surface area (Å²) in [6.45, 7) is 4.22. The van der Waals surface area contributed by atoms with Crippen molar-refractivity contribution in [2.45, 2.75) is 41.9 Å². The summed E-state index contributed by atoms with van der Waals surface area (Å²) < 4.78 is 38.9. The van der Waals surface area contributed by atoms with Crippen molar-refractivity contribution in [3.05, 3.63) is 17.5 Å². The third-order valence-corrected chi connectivity index (χ3v) is 9.42. The minimum Gasteiger partial charge on any atom is -0.378 e. The van der Waals surface area contributed by atoms with Crippen LogP contribution in [-0.2, 0) is 24.3 Å². The molecule has 156 valence electrons. The van der Waals surface area contributed by atoms with Crippen LogP contribution in [-0.4, -0.2) is 75.1 Å². The van der Waals surface area contributed by atoms with Crippen LogP contribution in [0.3, 0.4) is 0 Å². The number of hydrogen-bond acceptors (Lipinski definition) is 6. The predicted molar refractivity (Wildman–Crippen MR) is 106 cm³/mol. The Morgan fingerprint density at radius 3 is 2.61 bits per heavy atom. The highest BCUT2D eigenvalue weighted by Gasteiger charge is 2.43. The van der Waals surface area contributed by atoms with Gasteiger partial charge in [0.1, 0.15) is 4.21 Å². The molecule has 7 nitrogen and oxygen atoms in total. The number of sulfonamides is 1. The average Bonchev–Trinajstić information content (AvgIpc) is 3.25. The lowest BCUT2D eigenvalue weighted by Crippen LogP contribution is -2.51. The fraction of sp³-hybridized carbons (Fsp3) is 0.737. The fourth-order valence-electron chi connectivity index (χ4n) is 4.51. The summed E-state index contributed by atoms with van der Waals surface area (Å²) in [6.07, 6.45) is 3.69. The topological polar surface area (TPSA) is 76.2 Å². The minimum atomic E-state index is -3.40. The number of piperidine rings is 1. The first-order valence-corrected chi connectivity index (χ1v) is 12.3. The normalized spacial score (nSPS) is 26.4. The van der Waals surface area contributed by atoms with Crippen LogP contribution in [0.25, 0.3) is 0 Å². The molecule has 1 unspecified atom stereocenters. The molecule has 0 aliphatic carbocycles. The van der Waals surface area contributed by atoms with E-state index in [0.29, 0.717) is 75.4 Å². The van der Waals surface area contributed by atoms with Gasteiger partial charge in [-0.1, -0.05) is 6.07 Å². The van der Waals surface area contributed by atoms with Gasteiger partial charge in [-0.05, 0) is 43.0 Å². The summed E-state index contributed by atoms with van der Waals surface area (Å²) in [7, 11) is -3.40. The SMILES string of the molecule is O=C(CC1CCOC2(CCN(S(=O)(=O)c3cccs3)CC2)C1)N1CCOCC1. The number of morpholine rings is 1. The van der Waals surface area contributed by atoms with Gasteiger partial charge in [0, 0.05) is 39.2 Å². The molecule has 4 heterocycles. The summed E-state index contributed by atoms with van der Waals surface area (Å²) in [5, 5.41) is 1.79. The van der Waals surface area contributed by atoms with E-state index < -0.39 is 10.0 Å². The standard InChI is InChI=1S/C19H28N2O5S2/c22-17(20-8-11-25-12-9-20)14-16-3-10-26-19(15-16)4-6-21(7-5-19)28(23,24)18-2-1-13-27-18/h1-2,13,16H,3-12,14-15H2. The molecule has 1 spiro atoms. The molecule has 3 fully saturated rings. The van der Waals surface area contributed by atoms with Crippen LogP contribution in [0.4, 0.5) is 0 Å². The van der Waals surface area contributed by atoms with Gasteiger partial charge in [-0.2, -0.15) is 4.31 Å². The van der Waals surface area contributed by atoms with E-state index in [0.717, 1.165) is 12.8 Å². The fourth-order valence-corrected chi connectivity index (χ4v) is 7.10. The number of carbonyl (C=O) groups excluding carboxylic acids is 1. The van der Waals surface area contributed by atoms with E-state index in [4.69, 9.17) is 9.47 Å². The maximum Gasteiger partial charge on any atom is 0.252 e. The zero-order valence-corrected chi connectivity index (χ0v) is 17.7. The molecule has 3 aliphatic heterocycles. The summed E-state index contributed by atoms with van der Waals surface area (Å²) in [5.74, 6) is 0.521. The van der Waals surface area contributed by atoms with Gasteiger partial charge in [-0.15, -0.1) is 11.3 Å². The number of rotatable bonds is 4. The Hall–Kier alpha value is -1.00. The minimum absolute atomic E-state index is 0.211. The summed E-state index contributed by atoms with van der Waals surface area (Å²) in [4.78, 5) is 14.5. The van der Waals surface area contributed by atoms with Gasteiger partial charge in [0.25, 0.3) is 10.0 Å². The van der Waals surface area contributed by atoms with Gasteiger partial charge in [0.15, 0.2) is 0 Å². The number of ether oxygens (including phenoxy) is 2. The quantitative estimate of drug-likeness (QED) is 0.733. The molecule has 0 radical (unpaired) electrons. The lowest BCUT2D eigenvalue weighted by molar-refractivity contribution is -0.143. The molecular formula is C19H28N2O5S2. The third-order valence-electron chi connectivity index (χ3n) is 6.14. The molecule has 0 saturated carbocycles. The molecule has 1 aromatic rings. The molecular weight excluding hydrogens is 400 g/mol. The van der Waals surface area contributed by atoms with E-state index >= 15 is 0 Å². The maximum absolute atomic E-state index is 12.7. The van der Waals surface area contributed by atoms with Crippen LogP contribution in [0.5, 0.6) is 0 Å².